The first-order valence-corrected chi connectivity index (χ1v) is 3.60. The van der Waals surface area contributed by atoms with Crippen molar-refractivity contribution in [1.29, 1.82) is 0 Å². The smallest absolute Gasteiger partial charge is 0.166 e. The summed E-state index contributed by atoms with van der Waals surface area (Å²) in [5.41, 5.74) is 0. The Bertz CT molecular complexity index is 421. The van der Waals surface area contributed by atoms with E-state index in [9.17, 15) is 5.11 Å². The Morgan fingerprint density at radius 3 is 2.75 bits per heavy atom. The van der Waals surface area contributed by atoms with Gasteiger partial charge in [0.2, 0.25) is 0 Å². The largest absolute Gasteiger partial charge is 0.504 e. The fourth-order valence-corrected chi connectivity index (χ4v) is 1.17. The molecule has 0 fully saturated rings. The van der Waals surface area contributed by atoms with E-state index in [0.29, 0.717) is 5.39 Å². The molecule has 2 rings (SSSR count). The van der Waals surface area contributed by atoms with E-state index in [1.165, 1.54) is 6.07 Å². The average Bonchev–Trinajstić information content (AvgIpc) is 2.12. The molecule has 0 spiro atoms. The number of hydrogen-bond donors (Lipinski definition) is 2. The van der Waals surface area contributed by atoms with Gasteiger partial charge in [-0.3, -0.25) is 0 Å². The van der Waals surface area contributed by atoms with Gasteiger partial charge >= 0.3 is 0 Å². The van der Waals surface area contributed by atoms with Gasteiger partial charge in [-0.15, -0.1) is 0 Å². The van der Waals surface area contributed by atoms with Gasteiger partial charge in [-0.05, 0) is 17.5 Å². The molecule has 0 aromatic heterocycles. The van der Waals surface area contributed by atoms with Gasteiger partial charge in [-0.25, -0.2) is 0 Å². The molecule has 0 saturated carbocycles. The molecule has 0 heterocycles. The lowest BCUT2D eigenvalue weighted by atomic mass is 10.1. The van der Waals surface area contributed by atoms with E-state index in [1.807, 2.05) is 12.1 Å². The molecular weight excluding hydrogens is 152 g/mol. The van der Waals surface area contributed by atoms with Crippen molar-refractivity contribution in [2.75, 3.05) is 0 Å². The Balaban J connectivity index is 2.91. The van der Waals surface area contributed by atoms with Crippen LogP contribution in [-0.4, -0.2) is 10.2 Å². The highest BCUT2D eigenvalue weighted by Crippen LogP contribution is 2.32. The number of benzene rings is 2. The van der Waals surface area contributed by atoms with E-state index < -0.39 is 0 Å². The number of fused-ring (bicyclic) bond motifs is 1. The average molecular weight is 159 g/mol. The Kier molecular flexibility index (Phi) is 1.40. The molecule has 0 bridgehead atoms. The van der Waals surface area contributed by atoms with Crippen LogP contribution < -0.4 is 0 Å². The molecule has 0 saturated heterocycles. The zero-order chi connectivity index (χ0) is 8.55. The Morgan fingerprint density at radius 2 is 1.92 bits per heavy atom. The second-order valence-electron chi connectivity index (χ2n) is 2.57. The molecule has 2 N–H and O–H groups in total. The van der Waals surface area contributed by atoms with E-state index in [-0.39, 0.29) is 11.5 Å². The maximum atomic E-state index is 9.38. The second kappa shape index (κ2) is 2.41. The van der Waals surface area contributed by atoms with E-state index in [0.717, 1.165) is 5.39 Å². The topological polar surface area (TPSA) is 40.5 Å². The van der Waals surface area contributed by atoms with Crippen LogP contribution in [-0.2, 0) is 0 Å². The summed E-state index contributed by atoms with van der Waals surface area (Å²) in [5.74, 6) is -0.210. The number of rotatable bonds is 0. The minimum atomic E-state index is -0.107. The minimum absolute atomic E-state index is 0.104. The summed E-state index contributed by atoms with van der Waals surface area (Å²) in [6, 6.07) is 11.4. The van der Waals surface area contributed by atoms with Crippen molar-refractivity contribution in [3.8, 4) is 11.5 Å². The van der Waals surface area contributed by atoms with Crippen LogP contribution in [0.4, 0.5) is 0 Å². The van der Waals surface area contributed by atoms with Gasteiger partial charge < -0.3 is 10.2 Å². The molecule has 2 aromatic carbocycles. The highest BCUT2D eigenvalue weighted by Gasteiger charge is 2.02. The third kappa shape index (κ3) is 0.889. The van der Waals surface area contributed by atoms with E-state index >= 15 is 0 Å². The van der Waals surface area contributed by atoms with Gasteiger partial charge in [0.15, 0.2) is 11.5 Å². The Labute approximate surface area is 69.7 Å². The van der Waals surface area contributed by atoms with Crippen LogP contribution in [0.5, 0.6) is 11.5 Å². The zero-order valence-corrected chi connectivity index (χ0v) is 6.28. The van der Waals surface area contributed by atoms with Crippen molar-refractivity contribution in [2.24, 2.45) is 0 Å². The molecule has 2 heteroatoms. The van der Waals surface area contributed by atoms with Crippen molar-refractivity contribution in [3.05, 3.63) is 36.4 Å². The van der Waals surface area contributed by atoms with Gasteiger partial charge in [-0.2, -0.15) is 0 Å². The van der Waals surface area contributed by atoms with Crippen molar-refractivity contribution < 1.29 is 10.2 Å². The lowest BCUT2D eigenvalue weighted by Crippen LogP contribution is -1.74. The van der Waals surface area contributed by atoms with Crippen LogP contribution in [0.2, 0.25) is 0 Å². The second-order valence-corrected chi connectivity index (χ2v) is 2.57. The first-order chi connectivity index (χ1) is 5.79. The fourth-order valence-electron chi connectivity index (χ4n) is 1.17. The van der Waals surface area contributed by atoms with Crippen LogP contribution in [0.1, 0.15) is 0 Å². The Hall–Kier alpha value is -1.70. The summed E-state index contributed by atoms with van der Waals surface area (Å²) in [4.78, 5) is 0. The van der Waals surface area contributed by atoms with E-state index in [4.69, 9.17) is 5.11 Å². The van der Waals surface area contributed by atoms with Gasteiger partial charge in [-0.1, -0.05) is 24.3 Å². The first-order valence-electron chi connectivity index (χ1n) is 3.60. The molecule has 0 amide bonds. The summed E-state index contributed by atoms with van der Waals surface area (Å²) in [5, 5.41) is 19.9. The molecule has 0 aliphatic rings. The maximum Gasteiger partial charge on any atom is 0.166 e. The number of aromatic hydroxyl groups is 2. The third-order valence-corrected chi connectivity index (χ3v) is 1.79. The van der Waals surface area contributed by atoms with Crippen molar-refractivity contribution in [2.45, 2.75) is 0 Å². The lowest BCUT2D eigenvalue weighted by Gasteiger charge is -2.01. The molecule has 0 atom stereocenters. The van der Waals surface area contributed by atoms with Crippen LogP contribution in [0.3, 0.4) is 0 Å². The molecule has 0 aliphatic heterocycles. The van der Waals surface area contributed by atoms with Crippen molar-refractivity contribution in [3.63, 3.8) is 0 Å². The quantitative estimate of drug-likeness (QED) is 0.577. The normalized spacial score (nSPS) is 10.3. The van der Waals surface area contributed by atoms with Crippen LogP contribution >= 0.6 is 0 Å². The highest BCUT2D eigenvalue weighted by molar-refractivity contribution is 5.89. The molecule has 0 unspecified atom stereocenters. The van der Waals surface area contributed by atoms with E-state index in [1.54, 1.807) is 12.1 Å². The number of phenols is 2. The van der Waals surface area contributed by atoms with Crippen LogP contribution in [0.25, 0.3) is 10.8 Å². The van der Waals surface area contributed by atoms with Crippen LogP contribution in [0.15, 0.2) is 30.3 Å². The summed E-state index contributed by atoms with van der Waals surface area (Å²) in [6.07, 6.45) is 0. The predicted octanol–water partition coefficient (Wildman–Crippen LogP) is 2.05. The molecule has 2 nitrogen and oxygen atoms in total. The molecule has 59 valence electrons. The highest BCUT2D eigenvalue weighted by atomic mass is 16.3. The van der Waals surface area contributed by atoms with Gasteiger partial charge in [0.05, 0.1) is 0 Å². The SMILES string of the molecule is Oc1ccc2ccc[c]c2c1O. The van der Waals surface area contributed by atoms with Crippen LogP contribution in [0, 0.1) is 6.07 Å². The molecule has 0 aliphatic carbocycles. The zero-order valence-electron chi connectivity index (χ0n) is 6.28. The standard InChI is InChI=1S/C10H7O2/c11-9-6-5-7-3-1-2-4-8(7)10(9)12/h1-3,5-6,11-12H. The fraction of sp³-hybridized carbons (Fsp3) is 0. The minimum Gasteiger partial charge on any atom is -0.504 e. The summed E-state index contributed by atoms with van der Waals surface area (Å²) in [7, 11) is 0. The number of hydrogen-bond acceptors (Lipinski definition) is 2. The predicted molar refractivity (Wildman–Crippen MR) is 46.1 cm³/mol. The first kappa shape index (κ1) is 6.98. The molecule has 1 radical (unpaired) electrons. The van der Waals surface area contributed by atoms with E-state index in [2.05, 4.69) is 6.07 Å². The molecule has 12 heavy (non-hydrogen) atoms. The lowest BCUT2D eigenvalue weighted by molar-refractivity contribution is 0.408. The van der Waals surface area contributed by atoms with Crippen molar-refractivity contribution in [1.82, 2.24) is 0 Å². The maximum absolute atomic E-state index is 9.38. The monoisotopic (exact) mass is 159 g/mol. The number of phenolic OH excluding ortho intramolecular Hbond substituents is 2. The van der Waals surface area contributed by atoms with Crippen molar-refractivity contribution >= 4 is 10.8 Å². The molecular formula is C10H7O2. The van der Waals surface area contributed by atoms with Gasteiger partial charge in [0.25, 0.3) is 0 Å². The van der Waals surface area contributed by atoms with Gasteiger partial charge in [0, 0.05) is 5.39 Å². The molecule has 2 aromatic rings. The Morgan fingerprint density at radius 1 is 1.08 bits per heavy atom. The third-order valence-electron chi connectivity index (χ3n) is 1.79. The summed E-state index contributed by atoms with van der Waals surface area (Å²) in [6.45, 7) is 0. The summed E-state index contributed by atoms with van der Waals surface area (Å²) >= 11 is 0. The summed E-state index contributed by atoms with van der Waals surface area (Å²) < 4.78 is 0. The van der Waals surface area contributed by atoms with Gasteiger partial charge in [0.1, 0.15) is 0 Å².